The van der Waals surface area contributed by atoms with Gasteiger partial charge in [0.1, 0.15) is 0 Å². The first-order valence-electron chi connectivity index (χ1n) is 10.1. The van der Waals surface area contributed by atoms with Gasteiger partial charge in [-0.1, -0.05) is 18.7 Å². The van der Waals surface area contributed by atoms with Crippen LogP contribution in [-0.4, -0.2) is 24.1 Å². The highest BCUT2D eigenvalue weighted by Gasteiger charge is 2.25. The quantitative estimate of drug-likeness (QED) is 0.391. The summed E-state index contributed by atoms with van der Waals surface area (Å²) in [5, 5.41) is 14.1. The molecule has 0 spiro atoms. The molecule has 1 unspecified atom stereocenters. The number of thioether (sulfide) groups is 1. The van der Waals surface area contributed by atoms with Gasteiger partial charge in [-0.15, -0.1) is 32.9 Å². The van der Waals surface area contributed by atoms with Gasteiger partial charge in [0.25, 0.3) is 5.56 Å². The minimum Gasteiger partial charge on any atom is -0.299 e. The predicted octanol–water partition coefficient (Wildman–Crippen LogP) is 5.07. The van der Waals surface area contributed by atoms with Crippen LogP contribution in [-0.2, 0) is 18.6 Å². The minimum absolute atomic E-state index is 0.0398. The van der Waals surface area contributed by atoms with Gasteiger partial charge in [0.05, 0.1) is 5.69 Å². The molecule has 1 atom stereocenters. The molecule has 4 heterocycles. The standard InChI is InChI=1S/C21H23N5OS3/c1-12(2)26-19(16-11-29-17-8-13(3)4-5-15(16)17)23-24-21(26)30-10-14-9-18(27)25-6-7-28-20(25)22-14/h6-7,9,11-13H,4-5,8,10H2,1-3H3. The number of rotatable bonds is 5. The molecule has 4 aromatic heterocycles. The first-order chi connectivity index (χ1) is 14.5. The number of aromatic nitrogens is 5. The minimum atomic E-state index is -0.0398. The summed E-state index contributed by atoms with van der Waals surface area (Å²) < 4.78 is 3.80. The SMILES string of the molecule is CC1CCc2c(-c3nnc(SCc4cc(=O)n5ccsc5n4)n3C(C)C)csc2C1. The molecule has 1 aliphatic carbocycles. The largest absolute Gasteiger partial charge is 0.299 e. The molecule has 0 saturated carbocycles. The summed E-state index contributed by atoms with van der Waals surface area (Å²) in [5.74, 6) is 2.31. The van der Waals surface area contributed by atoms with Crippen molar-refractivity contribution in [2.24, 2.45) is 5.92 Å². The van der Waals surface area contributed by atoms with Crippen molar-refractivity contribution in [1.82, 2.24) is 24.1 Å². The van der Waals surface area contributed by atoms with Gasteiger partial charge in [0.2, 0.25) is 0 Å². The zero-order valence-corrected chi connectivity index (χ0v) is 19.6. The van der Waals surface area contributed by atoms with E-state index in [1.807, 2.05) is 16.7 Å². The fraction of sp³-hybridized carbons (Fsp3) is 0.429. The van der Waals surface area contributed by atoms with Crippen LogP contribution >= 0.6 is 34.4 Å². The lowest BCUT2D eigenvalue weighted by Gasteiger charge is -2.19. The number of hydrogen-bond donors (Lipinski definition) is 0. The molecule has 0 aliphatic heterocycles. The molecule has 5 rings (SSSR count). The summed E-state index contributed by atoms with van der Waals surface area (Å²) in [7, 11) is 0. The summed E-state index contributed by atoms with van der Waals surface area (Å²) in [6.07, 6.45) is 5.29. The van der Waals surface area contributed by atoms with Crippen molar-refractivity contribution < 1.29 is 0 Å². The van der Waals surface area contributed by atoms with Crippen LogP contribution in [0.5, 0.6) is 0 Å². The number of thiophene rings is 1. The Hall–Kier alpha value is -1.97. The van der Waals surface area contributed by atoms with E-state index in [1.54, 1.807) is 28.4 Å². The lowest BCUT2D eigenvalue weighted by molar-refractivity contribution is 0.507. The molecule has 4 aromatic rings. The van der Waals surface area contributed by atoms with E-state index in [-0.39, 0.29) is 11.6 Å². The van der Waals surface area contributed by atoms with E-state index in [9.17, 15) is 4.79 Å². The second-order valence-corrected chi connectivity index (χ2v) is 10.9. The Morgan fingerprint density at radius 2 is 2.17 bits per heavy atom. The van der Waals surface area contributed by atoms with Gasteiger partial charge in [-0.05, 0) is 44.6 Å². The van der Waals surface area contributed by atoms with E-state index < -0.39 is 0 Å². The molecule has 156 valence electrons. The molecule has 0 aromatic carbocycles. The molecule has 0 radical (unpaired) electrons. The summed E-state index contributed by atoms with van der Waals surface area (Å²) >= 11 is 4.92. The predicted molar refractivity (Wildman–Crippen MR) is 124 cm³/mol. The molecule has 0 fully saturated rings. The average molecular weight is 458 g/mol. The van der Waals surface area contributed by atoms with Crippen molar-refractivity contribution in [2.75, 3.05) is 0 Å². The molecule has 1 aliphatic rings. The topological polar surface area (TPSA) is 65.1 Å². The van der Waals surface area contributed by atoms with Crippen LogP contribution in [0.1, 0.15) is 49.4 Å². The highest BCUT2D eigenvalue weighted by Crippen LogP contribution is 2.39. The summed E-state index contributed by atoms with van der Waals surface area (Å²) in [6, 6.07) is 1.86. The number of thiazole rings is 1. The van der Waals surface area contributed by atoms with E-state index in [0.29, 0.717) is 5.75 Å². The van der Waals surface area contributed by atoms with Crippen molar-refractivity contribution in [1.29, 1.82) is 0 Å². The third kappa shape index (κ3) is 3.52. The third-order valence-electron chi connectivity index (χ3n) is 5.53. The fourth-order valence-electron chi connectivity index (χ4n) is 3.99. The maximum Gasteiger partial charge on any atom is 0.258 e. The first kappa shape index (κ1) is 20.0. The normalized spacial score (nSPS) is 16.5. The second kappa shape index (κ2) is 7.94. The van der Waals surface area contributed by atoms with E-state index in [4.69, 9.17) is 0 Å². The van der Waals surface area contributed by atoms with Gasteiger partial charge in [0.15, 0.2) is 15.9 Å². The van der Waals surface area contributed by atoms with Crippen LogP contribution in [0, 0.1) is 5.92 Å². The summed E-state index contributed by atoms with van der Waals surface area (Å²) in [4.78, 5) is 19.1. The van der Waals surface area contributed by atoms with Crippen LogP contribution < -0.4 is 5.56 Å². The first-order valence-corrected chi connectivity index (χ1v) is 12.9. The lowest BCUT2D eigenvalue weighted by atomic mass is 9.88. The molecule has 0 N–H and O–H groups in total. The van der Waals surface area contributed by atoms with Crippen molar-refractivity contribution >= 4 is 39.4 Å². The highest BCUT2D eigenvalue weighted by molar-refractivity contribution is 7.98. The van der Waals surface area contributed by atoms with E-state index >= 15 is 0 Å². The van der Waals surface area contributed by atoms with Crippen molar-refractivity contribution in [3.05, 3.63) is 49.5 Å². The molecule has 6 nitrogen and oxygen atoms in total. The third-order valence-corrected chi connectivity index (χ3v) is 8.31. The lowest BCUT2D eigenvalue weighted by Crippen LogP contribution is -2.13. The molecule has 0 bridgehead atoms. The van der Waals surface area contributed by atoms with Gasteiger partial charge in [-0.2, -0.15) is 0 Å². The zero-order valence-electron chi connectivity index (χ0n) is 17.2. The Bertz CT molecular complexity index is 1270. The molecule has 0 saturated heterocycles. The smallest absolute Gasteiger partial charge is 0.258 e. The van der Waals surface area contributed by atoms with Crippen LogP contribution in [0.25, 0.3) is 16.3 Å². The number of hydrogen-bond acceptors (Lipinski definition) is 7. The summed E-state index contributed by atoms with van der Waals surface area (Å²) in [6.45, 7) is 6.67. The van der Waals surface area contributed by atoms with Crippen LogP contribution in [0.2, 0.25) is 0 Å². The van der Waals surface area contributed by atoms with Crippen molar-refractivity contribution in [3.8, 4) is 11.4 Å². The number of fused-ring (bicyclic) bond motifs is 2. The molecule has 9 heteroatoms. The van der Waals surface area contributed by atoms with Crippen LogP contribution in [0.3, 0.4) is 0 Å². The Morgan fingerprint density at radius 1 is 1.30 bits per heavy atom. The Morgan fingerprint density at radius 3 is 3.00 bits per heavy atom. The van der Waals surface area contributed by atoms with E-state index in [1.165, 1.54) is 40.2 Å². The maximum absolute atomic E-state index is 12.3. The van der Waals surface area contributed by atoms with Crippen LogP contribution in [0.4, 0.5) is 0 Å². The molecular formula is C21H23N5OS3. The molecule has 0 amide bonds. The fourth-order valence-corrected chi connectivity index (χ4v) is 6.93. The van der Waals surface area contributed by atoms with Gasteiger partial charge in [-0.25, -0.2) is 4.98 Å². The van der Waals surface area contributed by atoms with Gasteiger partial charge < -0.3 is 0 Å². The zero-order chi connectivity index (χ0) is 20.8. The van der Waals surface area contributed by atoms with Gasteiger partial charge >= 0.3 is 0 Å². The van der Waals surface area contributed by atoms with E-state index in [2.05, 4.69) is 45.9 Å². The van der Waals surface area contributed by atoms with E-state index in [0.717, 1.165) is 34.0 Å². The number of nitrogens with zero attached hydrogens (tertiary/aromatic N) is 5. The molecule has 30 heavy (non-hydrogen) atoms. The van der Waals surface area contributed by atoms with Gasteiger partial charge in [-0.3, -0.25) is 13.8 Å². The van der Waals surface area contributed by atoms with Crippen LogP contribution in [0.15, 0.2) is 33.0 Å². The van der Waals surface area contributed by atoms with Gasteiger partial charge in [0, 0.05) is 45.3 Å². The Kier molecular flexibility index (Phi) is 5.28. The van der Waals surface area contributed by atoms with Crippen molar-refractivity contribution in [2.45, 2.75) is 57.0 Å². The second-order valence-electron chi connectivity index (χ2n) is 8.10. The monoisotopic (exact) mass is 457 g/mol. The Labute approximate surface area is 187 Å². The average Bonchev–Trinajstić information content (AvgIpc) is 3.43. The Balaban J connectivity index is 1.45. The van der Waals surface area contributed by atoms with Crippen molar-refractivity contribution in [3.63, 3.8) is 0 Å². The highest BCUT2D eigenvalue weighted by atomic mass is 32.2. The molecular weight excluding hydrogens is 434 g/mol. The summed E-state index contributed by atoms with van der Waals surface area (Å²) in [5.41, 5.74) is 3.43. The maximum atomic E-state index is 12.3.